The van der Waals surface area contributed by atoms with E-state index in [1.807, 2.05) is 18.2 Å². The number of rotatable bonds is 15. The van der Waals surface area contributed by atoms with Gasteiger partial charge in [0.1, 0.15) is 5.82 Å². The molecule has 0 amide bonds. The van der Waals surface area contributed by atoms with Crippen LogP contribution >= 0.6 is 11.6 Å². The number of nitrogens with one attached hydrogen (secondary N) is 1. The molecule has 3 aromatic carbocycles. The van der Waals surface area contributed by atoms with Gasteiger partial charge in [-0.05, 0) is 68.9 Å². The summed E-state index contributed by atoms with van der Waals surface area (Å²) in [6.45, 7) is 4.18. The SMILES string of the molecule is CN(C[C@@H](O)CNC(C)(C)CCCc1ccccc1)S(=O)(=O)c1ccc(-c2c(F)cccc2CCC(=O)O)c(Cl)c1. The lowest BCUT2D eigenvalue weighted by Gasteiger charge is -2.29. The molecular formula is C31H38ClFN2O5S. The molecule has 41 heavy (non-hydrogen) atoms. The maximum absolute atomic E-state index is 14.8. The third-order valence-corrected chi connectivity index (χ3v) is 9.15. The van der Waals surface area contributed by atoms with Gasteiger partial charge in [0.2, 0.25) is 10.0 Å². The molecule has 0 spiro atoms. The number of aliphatic hydroxyl groups is 1. The smallest absolute Gasteiger partial charge is 0.303 e. The number of aryl methyl sites for hydroxylation is 2. The van der Waals surface area contributed by atoms with E-state index in [-0.39, 0.29) is 52.5 Å². The number of carbonyl (C=O) groups is 1. The van der Waals surface area contributed by atoms with Gasteiger partial charge in [0.05, 0.1) is 11.0 Å². The van der Waals surface area contributed by atoms with Gasteiger partial charge in [0.15, 0.2) is 0 Å². The predicted octanol–water partition coefficient (Wildman–Crippen LogP) is 5.54. The first-order chi connectivity index (χ1) is 19.3. The van der Waals surface area contributed by atoms with E-state index < -0.39 is 27.9 Å². The predicted molar refractivity (Wildman–Crippen MR) is 160 cm³/mol. The fourth-order valence-electron chi connectivity index (χ4n) is 4.68. The van der Waals surface area contributed by atoms with E-state index in [0.717, 1.165) is 23.6 Å². The fourth-order valence-corrected chi connectivity index (χ4v) is 6.26. The summed E-state index contributed by atoms with van der Waals surface area (Å²) in [6, 6.07) is 18.6. The van der Waals surface area contributed by atoms with E-state index in [0.29, 0.717) is 5.56 Å². The van der Waals surface area contributed by atoms with Crippen LogP contribution in [0.2, 0.25) is 5.02 Å². The summed E-state index contributed by atoms with van der Waals surface area (Å²) in [5, 5.41) is 23.0. The first-order valence-corrected chi connectivity index (χ1v) is 15.3. The van der Waals surface area contributed by atoms with Crippen molar-refractivity contribution in [2.45, 2.75) is 62.5 Å². The standard InChI is InChI=1S/C31H38ClFN2O5S/c1-31(2,18-8-11-22-9-5-4-6-10-22)34-20-24(36)21-35(3)41(39,40)25-15-16-26(27(32)19-25)30-23(14-17-29(37)38)12-7-13-28(30)33/h4-7,9-10,12-13,15-16,19,24,34,36H,8,11,14,17-18,20-21H2,1-3H3,(H,37,38)/t24-/m0/s1. The molecule has 222 valence electrons. The van der Waals surface area contributed by atoms with E-state index in [4.69, 9.17) is 16.7 Å². The Bertz CT molecular complexity index is 1430. The summed E-state index contributed by atoms with van der Waals surface area (Å²) in [5.41, 5.74) is 1.90. The molecule has 1 atom stereocenters. The molecule has 3 rings (SSSR count). The number of aliphatic carboxylic acids is 1. The third kappa shape index (κ3) is 9.34. The molecule has 3 N–H and O–H groups in total. The van der Waals surface area contributed by atoms with Crippen LogP contribution in [-0.2, 0) is 27.7 Å². The first kappa shape index (κ1) is 32.7. The van der Waals surface area contributed by atoms with Gasteiger partial charge in [-0.25, -0.2) is 12.8 Å². The molecule has 0 heterocycles. The molecule has 0 aliphatic rings. The normalized spacial score (nSPS) is 13.0. The van der Waals surface area contributed by atoms with E-state index in [1.165, 1.54) is 42.9 Å². The minimum Gasteiger partial charge on any atom is -0.481 e. The van der Waals surface area contributed by atoms with Gasteiger partial charge in [-0.3, -0.25) is 4.79 Å². The van der Waals surface area contributed by atoms with Crippen LogP contribution in [0.25, 0.3) is 11.1 Å². The number of hydrogen-bond acceptors (Lipinski definition) is 5. The second kappa shape index (κ2) is 14.4. The number of likely N-dealkylation sites (N-methyl/N-ethyl adjacent to an activating group) is 1. The van der Waals surface area contributed by atoms with Crippen LogP contribution in [0.15, 0.2) is 71.6 Å². The molecule has 0 fully saturated rings. The summed E-state index contributed by atoms with van der Waals surface area (Å²) in [4.78, 5) is 10.9. The van der Waals surface area contributed by atoms with Crippen molar-refractivity contribution in [2.24, 2.45) is 0 Å². The van der Waals surface area contributed by atoms with Crippen LogP contribution in [0.3, 0.4) is 0 Å². The topological polar surface area (TPSA) is 107 Å². The van der Waals surface area contributed by atoms with E-state index >= 15 is 0 Å². The molecule has 0 saturated heterocycles. The van der Waals surface area contributed by atoms with Crippen molar-refractivity contribution in [1.82, 2.24) is 9.62 Å². The highest BCUT2D eigenvalue weighted by atomic mass is 35.5. The lowest BCUT2D eigenvalue weighted by molar-refractivity contribution is -0.136. The average molecular weight is 605 g/mol. The molecule has 10 heteroatoms. The first-order valence-electron chi connectivity index (χ1n) is 13.5. The van der Waals surface area contributed by atoms with E-state index in [1.54, 1.807) is 6.07 Å². The zero-order valence-corrected chi connectivity index (χ0v) is 25.2. The Morgan fingerprint density at radius 2 is 1.78 bits per heavy atom. The number of carboxylic acids is 1. The van der Waals surface area contributed by atoms with Crippen molar-refractivity contribution in [1.29, 1.82) is 0 Å². The number of aliphatic hydroxyl groups excluding tert-OH is 1. The maximum atomic E-state index is 14.8. The largest absolute Gasteiger partial charge is 0.481 e. The quantitative estimate of drug-likeness (QED) is 0.210. The zero-order valence-electron chi connectivity index (χ0n) is 23.6. The Hall–Kier alpha value is -2.82. The second-order valence-corrected chi connectivity index (χ2v) is 13.3. The summed E-state index contributed by atoms with van der Waals surface area (Å²) in [6.07, 6.45) is 1.77. The third-order valence-electron chi connectivity index (χ3n) is 7.02. The molecule has 0 radical (unpaired) electrons. The number of halogens is 2. The van der Waals surface area contributed by atoms with Crippen LogP contribution < -0.4 is 5.32 Å². The highest BCUT2D eigenvalue weighted by Gasteiger charge is 2.26. The number of benzene rings is 3. The number of nitrogens with zero attached hydrogens (tertiary/aromatic N) is 1. The maximum Gasteiger partial charge on any atom is 0.303 e. The number of hydrogen-bond donors (Lipinski definition) is 3. The summed E-state index contributed by atoms with van der Waals surface area (Å²) in [7, 11) is -2.62. The van der Waals surface area contributed by atoms with Gasteiger partial charge in [0.25, 0.3) is 0 Å². The van der Waals surface area contributed by atoms with Crippen molar-refractivity contribution in [3.8, 4) is 11.1 Å². The van der Waals surface area contributed by atoms with Crippen LogP contribution in [0.5, 0.6) is 0 Å². The van der Waals surface area contributed by atoms with Crippen LogP contribution in [0, 0.1) is 5.82 Å². The van der Waals surface area contributed by atoms with Gasteiger partial charge >= 0.3 is 5.97 Å². The Balaban J connectivity index is 1.63. The summed E-state index contributed by atoms with van der Waals surface area (Å²) in [5.74, 6) is -1.60. The minimum absolute atomic E-state index is 0.0145. The van der Waals surface area contributed by atoms with Crippen molar-refractivity contribution in [2.75, 3.05) is 20.1 Å². The molecule has 0 aliphatic heterocycles. The van der Waals surface area contributed by atoms with Crippen molar-refractivity contribution in [3.63, 3.8) is 0 Å². The molecule has 0 saturated carbocycles. The van der Waals surface area contributed by atoms with Gasteiger partial charge in [-0.2, -0.15) is 4.31 Å². The van der Waals surface area contributed by atoms with E-state index in [2.05, 4.69) is 31.3 Å². The summed E-state index contributed by atoms with van der Waals surface area (Å²) < 4.78 is 42.4. The Morgan fingerprint density at radius 3 is 2.44 bits per heavy atom. The van der Waals surface area contributed by atoms with Crippen molar-refractivity contribution >= 4 is 27.6 Å². The van der Waals surface area contributed by atoms with Crippen LogP contribution in [-0.4, -0.2) is 60.7 Å². The number of sulfonamides is 1. The highest BCUT2D eigenvalue weighted by molar-refractivity contribution is 7.89. The monoisotopic (exact) mass is 604 g/mol. The Morgan fingerprint density at radius 1 is 1.07 bits per heavy atom. The van der Waals surface area contributed by atoms with Crippen LogP contribution in [0.4, 0.5) is 4.39 Å². The number of β-amino-alcohol motifs (C(OH)–C–C–N with tert-alkyl or cyclic N) is 1. The van der Waals surface area contributed by atoms with Gasteiger partial charge in [-0.1, -0.05) is 60.1 Å². The lowest BCUT2D eigenvalue weighted by atomic mass is 9.95. The molecule has 0 unspecified atom stereocenters. The average Bonchev–Trinajstić information content (AvgIpc) is 2.91. The molecule has 0 aliphatic carbocycles. The Labute approximate surface area is 247 Å². The van der Waals surface area contributed by atoms with Gasteiger partial charge in [-0.15, -0.1) is 0 Å². The van der Waals surface area contributed by atoms with Crippen molar-refractivity contribution in [3.05, 3.63) is 88.7 Å². The second-order valence-electron chi connectivity index (χ2n) is 10.9. The van der Waals surface area contributed by atoms with Gasteiger partial charge in [0, 0.05) is 48.2 Å². The number of carboxylic acid groups (broad SMARTS) is 1. The van der Waals surface area contributed by atoms with Gasteiger partial charge < -0.3 is 15.5 Å². The van der Waals surface area contributed by atoms with E-state index in [9.17, 15) is 22.7 Å². The molecule has 3 aromatic rings. The lowest BCUT2D eigenvalue weighted by Crippen LogP contribution is -2.46. The molecule has 0 bridgehead atoms. The molecule has 7 nitrogen and oxygen atoms in total. The van der Waals surface area contributed by atoms with Crippen molar-refractivity contribution < 1.29 is 27.8 Å². The summed E-state index contributed by atoms with van der Waals surface area (Å²) >= 11 is 6.44. The molecular weight excluding hydrogens is 567 g/mol. The molecule has 0 aromatic heterocycles. The minimum atomic E-state index is -4.01. The van der Waals surface area contributed by atoms with Crippen LogP contribution in [0.1, 0.15) is 44.2 Å². The Kier molecular flexibility index (Phi) is 11.5. The zero-order chi connectivity index (χ0) is 30.2. The highest BCUT2D eigenvalue weighted by Crippen LogP contribution is 2.35. The fraction of sp³-hybridized carbons (Fsp3) is 0.387.